The van der Waals surface area contributed by atoms with Crippen molar-refractivity contribution < 1.29 is 14.7 Å². The number of urea groups is 1. The largest absolute Gasteiger partial charge is 0.481 e. The molecule has 5 nitrogen and oxygen atoms in total. The monoisotopic (exact) mass is 356 g/mol. The topological polar surface area (TPSA) is 69.6 Å². The lowest BCUT2D eigenvalue weighted by Gasteiger charge is -2.27. The maximum atomic E-state index is 12.2. The molecule has 0 saturated heterocycles. The summed E-state index contributed by atoms with van der Waals surface area (Å²) in [6.45, 7) is 4.70. The molecule has 116 valence electrons. The second-order valence-electron chi connectivity index (χ2n) is 5.03. The first-order chi connectivity index (χ1) is 9.91. The van der Waals surface area contributed by atoms with E-state index in [1.165, 1.54) is 0 Å². The van der Waals surface area contributed by atoms with Crippen LogP contribution in [0, 0.1) is 0 Å². The van der Waals surface area contributed by atoms with Crippen LogP contribution in [0.15, 0.2) is 28.7 Å². The van der Waals surface area contributed by atoms with Gasteiger partial charge in [0, 0.05) is 30.0 Å². The van der Waals surface area contributed by atoms with Gasteiger partial charge >= 0.3 is 12.0 Å². The number of rotatable bonds is 7. The summed E-state index contributed by atoms with van der Waals surface area (Å²) >= 11 is 3.44. The van der Waals surface area contributed by atoms with Crippen molar-refractivity contribution >= 4 is 27.9 Å². The minimum atomic E-state index is -0.840. The lowest BCUT2D eigenvalue weighted by atomic mass is 10.2. The predicted molar refractivity (Wildman–Crippen MR) is 85.1 cm³/mol. The van der Waals surface area contributed by atoms with Crippen LogP contribution in [0.2, 0.25) is 0 Å². The van der Waals surface area contributed by atoms with Crippen LogP contribution in [0.1, 0.15) is 32.3 Å². The van der Waals surface area contributed by atoms with Crippen LogP contribution < -0.4 is 5.32 Å². The number of hydrogen-bond donors (Lipinski definition) is 2. The Labute approximate surface area is 133 Å². The highest BCUT2D eigenvalue weighted by atomic mass is 79.9. The number of benzene rings is 1. The third-order valence-corrected chi connectivity index (χ3v) is 3.84. The number of carboxylic acids is 1. The highest BCUT2D eigenvalue weighted by molar-refractivity contribution is 9.10. The molecule has 0 aliphatic carbocycles. The van der Waals surface area contributed by atoms with Crippen LogP contribution in [0.4, 0.5) is 4.79 Å². The van der Waals surface area contributed by atoms with Gasteiger partial charge in [-0.3, -0.25) is 4.79 Å². The zero-order valence-corrected chi connectivity index (χ0v) is 13.9. The van der Waals surface area contributed by atoms with E-state index in [1.54, 1.807) is 4.90 Å². The zero-order chi connectivity index (χ0) is 15.8. The van der Waals surface area contributed by atoms with E-state index in [2.05, 4.69) is 21.2 Å². The summed E-state index contributed by atoms with van der Waals surface area (Å²) in [4.78, 5) is 24.4. The molecule has 0 atom stereocenters. The van der Waals surface area contributed by atoms with Crippen LogP contribution in [0.25, 0.3) is 0 Å². The smallest absolute Gasteiger partial charge is 0.317 e. The second-order valence-corrected chi connectivity index (χ2v) is 5.89. The van der Waals surface area contributed by atoms with Crippen LogP contribution >= 0.6 is 15.9 Å². The second kappa shape index (κ2) is 8.67. The van der Waals surface area contributed by atoms with Gasteiger partial charge in [0.2, 0.25) is 0 Å². The summed E-state index contributed by atoms with van der Waals surface area (Å²) in [5.41, 5.74) is 1.00. The van der Waals surface area contributed by atoms with E-state index < -0.39 is 5.97 Å². The maximum absolute atomic E-state index is 12.2. The molecule has 0 radical (unpaired) electrons. The first kappa shape index (κ1) is 17.5. The standard InChI is InChI=1S/C15H21BrN2O3/c1-11(2)18(9-5-8-14(19)20)15(21)17-10-12-6-3-4-7-13(12)16/h3-4,6-7,11H,5,8-10H2,1-2H3,(H,17,21)(H,19,20). The molecule has 2 amide bonds. The summed E-state index contributed by atoms with van der Waals surface area (Å²) in [5, 5.41) is 11.5. The highest BCUT2D eigenvalue weighted by Crippen LogP contribution is 2.15. The number of aliphatic carboxylic acids is 1. The van der Waals surface area contributed by atoms with E-state index in [0.29, 0.717) is 19.5 Å². The Bertz CT molecular complexity index is 492. The van der Waals surface area contributed by atoms with Crippen LogP contribution in [-0.2, 0) is 11.3 Å². The van der Waals surface area contributed by atoms with Crippen LogP contribution in [-0.4, -0.2) is 34.6 Å². The van der Waals surface area contributed by atoms with Crippen molar-refractivity contribution in [2.75, 3.05) is 6.54 Å². The SMILES string of the molecule is CC(C)N(CCCC(=O)O)C(=O)NCc1ccccc1Br. The molecular formula is C15H21BrN2O3. The number of nitrogens with one attached hydrogen (secondary N) is 1. The molecule has 0 spiro atoms. The van der Waals surface area contributed by atoms with Gasteiger partial charge in [0.05, 0.1) is 0 Å². The van der Waals surface area contributed by atoms with Crippen molar-refractivity contribution in [3.8, 4) is 0 Å². The third-order valence-electron chi connectivity index (χ3n) is 3.06. The van der Waals surface area contributed by atoms with Crippen molar-refractivity contribution in [2.24, 2.45) is 0 Å². The fraction of sp³-hybridized carbons (Fsp3) is 0.467. The molecular weight excluding hydrogens is 336 g/mol. The first-order valence-electron chi connectivity index (χ1n) is 6.91. The summed E-state index contributed by atoms with van der Waals surface area (Å²) in [6.07, 6.45) is 0.525. The number of carbonyl (C=O) groups is 2. The van der Waals surface area contributed by atoms with E-state index in [0.717, 1.165) is 10.0 Å². The third kappa shape index (κ3) is 6.16. The Morgan fingerprint density at radius 1 is 1.33 bits per heavy atom. The van der Waals surface area contributed by atoms with Crippen molar-refractivity contribution in [1.82, 2.24) is 10.2 Å². The summed E-state index contributed by atoms with van der Waals surface area (Å²) in [6, 6.07) is 7.55. The molecule has 2 N–H and O–H groups in total. The molecule has 0 bridgehead atoms. The highest BCUT2D eigenvalue weighted by Gasteiger charge is 2.16. The van der Waals surface area contributed by atoms with Crippen LogP contribution in [0.3, 0.4) is 0 Å². The van der Waals surface area contributed by atoms with Gasteiger partial charge < -0.3 is 15.3 Å². The molecule has 0 unspecified atom stereocenters. The Kier molecular flexibility index (Phi) is 7.22. The Morgan fingerprint density at radius 2 is 2.00 bits per heavy atom. The van der Waals surface area contributed by atoms with Gasteiger partial charge in [-0.25, -0.2) is 4.79 Å². The van der Waals surface area contributed by atoms with E-state index in [4.69, 9.17) is 5.11 Å². The average molecular weight is 357 g/mol. The van der Waals surface area contributed by atoms with Gasteiger partial charge in [-0.1, -0.05) is 34.1 Å². The minimum Gasteiger partial charge on any atom is -0.481 e. The van der Waals surface area contributed by atoms with E-state index >= 15 is 0 Å². The van der Waals surface area contributed by atoms with Crippen molar-refractivity contribution in [2.45, 2.75) is 39.3 Å². The molecule has 0 saturated carbocycles. The Morgan fingerprint density at radius 3 is 2.57 bits per heavy atom. The number of nitrogens with zero attached hydrogens (tertiary/aromatic N) is 1. The van der Waals surface area contributed by atoms with Gasteiger partial charge in [-0.2, -0.15) is 0 Å². The number of hydrogen-bond acceptors (Lipinski definition) is 2. The number of halogens is 1. The molecule has 1 aromatic rings. The lowest BCUT2D eigenvalue weighted by molar-refractivity contribution is -0.137. The molecule has 0 aliphatic heterocycles. The first-order valence-corrected chi connectivity index (χ1v) is 7.70. The lowest BCUT2D eigenvalue weighted by Crippen LogP contribution is -2.44. The summed E-state index contributed by atoms with van der Waals surface area (Å²) in [5.74, 6) is -0.840. The molecule has 0 heterocycles. The quantitative estimate of drug-likeness (QED) is 0.787. The molecule has 0 fully saturated rings. The van der Waals surface area contributed by atoms with Gasteiger partial charge in [0.25, 0.3) is 0 Å². The van der Waals surface area contributed by atoms with Crippen LogP contribution in [0.5, 0.6) is 0 Å². The molecule has 21 heavy (non-hydrogen) atoms. The summed E-state index contributed by atoms with van der Waals surface area (Å²) in [7, 11) is 0. The van der Waals surface area contributed by atoms with Gasteiger partial charge in [0.15, 0.2) is 0 Å². The normalized spacial score (nSPS) is 10.5. The fourth-order valence-electron chi connectivity index (χ4n) is 1.91. The number of carbonyl (C=O) groups excluding carboxylic acids is 1. The maximum Gasteiger partial charge on any atom is 0.317 e. The Hall–Kier alpha value is -1.56. The number of carboxylic acid groups (broad SMARTS) is 1. The van der Waals surface area contributed by atoms with E-state index in [9.17, 15) is 9.59 Å². The van der Waals surface area contributed by atoms with Gasteiger partial charge in [-0.15, -0.1) is 0 Å². The minimum absolute atomic E-state index is 0.0259. The van der Waals surface area contributed by atoms with Gasteiger partial charge in [-0.05, 0) is 31.9 Å². The number of amides is 2. The fourth-order valence-corrected chi connectivity index (χ4v) is 2.33. The summed E-state index contributed by atoms with van der Waals surface area (Å²) < 4.78 is 0.951. The molecule has 0 aliphatic rings. The Balaban J connectivity index is 2.53. The molecule has 1 rings (SSSR count). The molecule has 0 aromatic heterocycles. The van der Waals surface area contributed by atoms with Crippen molar-refractivity contribution in [1.29, 1.82) is 0 Å². The van der Waals surface area contributed by atoms with Crippen molar-refractivity contribution in [3.63, 3.8) is 0 Å². The zero-order valence-electron chi connectivity index (χ0n) is 12.3. The predicted octanol–water partition coefficient (Wildman–Crippen LogP) is 3.23. The average Bonchev–Trinajstić information content (AvgIpc) is 2.41. The molecule has 6 heteroatoms. The van der Waals surface area contributed by atoms with E-state index in [1.807, 2.05) is 38.1 Å². The molecule has 1 aromatic carbocycles. The van der Waals surface area contributed by atoms with Gasteiger partial charge in [0.1, 0.15) is 0 Å². The van der Waals surface area contributed by atoms with Crippen molar-refractivity contribution in [3.05, 3.63) is 34.3 Å². The van der Waals surface area contributed by atoms with E-state index in [-0.39, 0.29) is 18.5 Å².